The second-order valence-corrected chi connectivity index (χ2v) is 23.1. The van der Waals surface area contributed by atoms with Gasteiger partial charge in [-0.05, 0) is 108 Å². The number of rotatable bonds is 8. The lowest BCUT2D eigenvalue weighted by atomic mass is 9.94. The zero-order valence-corrected chi connectivity index (χ0v) is 55.7. The van der Waals surface area contributed by atoms with Gasteiger partial charge in [0.1, 0.15) is 0 Å². The minimum Gasteiger partial charge on any atom is -0.309 e. The predicted molar refractivity (Wildman–Crippen MR) is 415 cm³/mol. The summed E-state index contributed by atoms with van der Waals surface area (Å²) in [6.07, 6.45) is 1.85. The molecule has 0 bridgehead atoms. The Balaban J connectivity index is 0.000000141. The second-order valence-electron chi connectivity index (χ2n) is 23.1. The van der Waals surface area contributed by atoms with Crippen LogP contribution < -0.4 is 0 Å². The summed E-state index contributed by atoms with van der Waals surface area (Å²) in [5.41, 5.74) is 22.5. The molecule has 0 aliphatic carbocycles. The summed E-state index contributed by atoms with van der Waals surface area (Å²) in [6, 6.07) is 125. The van der Waals surface area contributed by atoms with Gasteiger partial charge in [-0.25, -0.2) is 0 Å². The van der Waals surface area contributed by atoms with E-state index in [1.807, 2.05) is 100 Å². The first-order valence-corrected chi connectivity index (χ1v) is 34.1. The third kappa shape index (κ3) is 11.8. The molecule has 0 atom stereocenters. The van der Waals surface area contributed by atoms with Crippen molar-refractivity contribution in [1.82, 2.24) is 18.3 Å². The topological polar surface area (TPSA) is 19.7 Å². The van der Waals surface area contributed by atoms with Crippen molar-refractivity contribution < 1.29 is 0 Å². The molecule has 4 heteroatoms. The zero-order chi connectivity index (χ0) is 65.7. The molecule has 18 rings (SSSR count). The third-order valence-electron chi connectivity index (χ3n) is 18.0. The van der Waals surface area contributed by atoms with Crippen molar-refractivity contribution in [1.29, 1.82) is 0 Å². The van der Waals surface area contributed by atoms with Crippen molar-refractivity contribution in [2.75, 3.05) is 0 Å². The number of aromatic nitrogens is 4. The smallest absolute Gasteiger partial charge is 0.0541 e. The molecule has 0 aliphatic heterocycles. The van der Waals surface area contributed by atoms with E-state index in [4.69, 9.17) is 0 Å². The minimum absolute atomic E-state index is 0.924. The van der Waals surface area contributed by atoms with Gasteiger partial charge in [0, 0.05) is 65.6 Å². The van der Waals surface area contributed by atoms with Crippen molar-refractivity contribution in [3.05, 3.63) is 363 Å². The number of fused-ring (bicyclic) bond motifs is 12. The van der Waals surface area contributed by atoms with Crippen molar-refractivity contribution >= 4 is 87.2 Å². The Morgan fingerprint density at radius 3 is 0.552 bits per heavy atom. The standard InChI is InChI=1S/2C38H28N2.2C6H6.2C2H6/c2*1-2-26-27(19-13-25-33(26)39-35-21-9-4-15-29(35)30-16-5-10-22-36(30)39)28-14-3-8-20-34(28)40-37-23-11-6-17-31(37)32-18-7-12-24-38(32)40;2*1-2-4-6-5-3-1;2*1-2/h2*3-25H,2H2,1H3;2*1-6H;2*1-2H3. The molecule has 0 aliphatic rings. The molecular weight excluding hydrogens is 1160 g/mol. The van der Waals surface area contributed by atoms with Gasteiger partial charge < -0.3 is 18.3 Å². The molecular formula is C92H80N4. The number of para-hydroxylation sites is 10. The molecule has 0 amide bonds. The number of nitrogens with zero attached hydrogens (tertiary/aromatic N) is 4. The van der Waals surface area contributed by atoms with Crippen LogP contribution in [0.4, 0.5) is 0 Å². The van der Waals surface area contributed by atoms with E-state index < -0.39 is 0 Å². The molecule has 96 heavy (non-hydrogen) atoms. The minimum atomic E-state index is 0.924. The fraction of sp³-hybridized carbons (Fsp3) is 0.0870. The van der Waals surface area contributed by atoms with Gasteiger partial charge in [0.05, 0.1) is 55.5 Å². The first-order valence-electron chi connectivity index (χ1n) is 34.1. The third-order valence-corrected chi connectivity index (χ3v) is 18.0. The maximum absolute atomic E-state index is 2.45. The number of hydrogen-bond acceptors (Lipinski definition) is 0. The summed E-state index contributed by atoms with van der Waals surface area (Å²) in [6.45, 7) is 12.6. The van der Waals surface area contributed by atoms with Gasteiger partial charge in [-0.15, -0.1) is 0 Å². The van der Waals surface area contributed by atoms with Crippen LogP contribution in [0.15, 0.2) is 352 Å². The molecule has 0 spiro atoms. The fourth-order valence-electron chi connectivity index (χ4n) is 14.1. The van der Waals surface area contributed by atoms with Gasteiger partial charge in [-0.1, -0.05) is 321 Å². The molecule has 0 fully saturated rings. The van der Waals surface area contributed by atoms with E-state index in [-0.39, 0.29) is 0 Å². The first kappa shape index (κ1) is 63.1. The zero-order valence-electron chi connectivity index (χ0n) is 55.7. The van der Waals surface area contributed by atoms with Crippen LogP contribution in [0.5, 0.6) is 0 Å². The van der Waals surface area contributed by atoms with Crippen LogP contribution in [0, 0.1) is 0 Å². The monoisotopic (exact) mass is 1240 g/mol. The first-order chi connectivity index (χ1) is 47.7. The van der Waals surface area contributed by atoms with Gasteiger partial charge in [-0.2, -0.15) is 0 Å². The Hall–Kier alpha value is -11.7. The van der Waals surface area contributed by atoms with Crippen LogP contribution in [0.1, 0.15) is 52.7 Å². The highest BCUT2D eigenvalue weighted by Crippen LogP contribution is 2.43. The average Bonchev–Trinajstić information content (AvgIpc) is 1.56. The Kier molecular flexibility index (Phi) is 19.4. The normalized spacial score (nSPS) is 10.9. The fourth-order valence-corrected chi connectivity index (χ4v) is 14.1. The van der Waals surface area contributed by atoms with Crippen LogP contribution in [0.25, 0.3) is 132 Å². The molecule has 4 nitrogen and oxygen atoms in total. The van der Waals surface area contributed by atoms with Crippen LogP contribution in [-0.4, -0.2) is 18.3 Å². The van der Waals surface area contributed by atoms with E-state index in [1.165, 1.54) is 143 Å². The van der Waals surface area contributed by atoms with Crippen LogP contribution in [0.2, 0.25) is 0 Å². The molecule has 14 aromatic carbocycles. The summed E-state index contributed by atoms with van der Waals surface area (Å²) < 4.78 is 9.78. The van der Waals surface area contributed by atoms with E-state index in [9.17, 15) is 0 Å². The van der Waals surface area contributed by atoms with Gasteiger partial charge in [-0.3, -0.25) is 0 Å². The summed E-state index contributed by atoms with van der Waals surface area (Å²) >= 11 is 0. The molecule has 4 aromatic heterocycles. The summed E-state index contributed by atoms with van der Waals surface area (Å²) in [4.78, 5) is 0. The molecule has 0 radical (unpaired) electrons. The lowest BCUT2D eigenvalue weighted by Gasteiger charge is -2.20. The predicted octanol–water partition coefficient (Wildman–Crippen LogP) is 25.6. The van der Waals surface area contributed by atoms with Crippen molar-refractivity contribution in [2.45, 2.75) is 54.4 Å². The van der Waals surface area contributed by atoms with Crippen molar-refractivity contribution in [2.24, 2.45) is 0 Å². The summed E-state index contributed by atoms with van der Waals surface area (Å²) in [5, 5.41) is 10.3. The largest absolute Gasteiger partial charge is 0.309 e. The Labute approximate surface area is 564 Å². The molecule has 468 valence electrons. The molecule has 0 saturated carbocycles. The quantitative estimate of drug-likeness (QED) is 0.144. The average molecular weight is 1240 g/mol. The van der Waals surface area contributed by atoms with Crippen LogP contribution in [0.3, 0.4) is 0 Å². The number of hydrogen-bond donors (Lipinski definition) is 0. The van der Waals surface area contributed by atoms with Gasteiger partial charge >= 0.3 is 0 Å². The molecule has 18 aromatic rings. The lowest BCUT2D eigenvalue weighted by Crippen LogP contribution is -2.03. The Morgan fingerprint density at radius 2 is 0.333 bits per heavy atom. The SMILES string of the molecule is CC.CC.CCc1c(-c2ccccc2-n2c3ccccc3c3ccccc32)cccc1-n1c2ccccc2c2ccccc21.CCc1c(-c2ccccc2-n2c3ccccc3c3ccccc32)cccc1-n1c2ccccc2c2ccccc21.c1ccccc1.c1ccccc1. The van der Waals surface area contributed by atoms with E-state index in [0.717, 1.165) is 12.8 Å². The van der Waals surface area contributed by atoms with Crippen LogP contribution in [-0.2, 0) is 12.8 Å². The van der Waals surface area contributed by atoms with Crippen molar-refractivity contribution in [3.63, 3.8) is 0 Å². The van der Waals surface area contributed by atoms with Gasteiger partial charge in [0.2, 0.25) is 0 Å². The Bertz CT molecular complexity index is 5010. The maximum Gasteiger partial charge on any atom is 0.0541 e. The lowest BCUT2D eigenvalue weighted by molar-refractivity contribution is 1.07. The van der Waals surface area contributed by atoms with Gasteiger partial charge in [0.25, 0.3) is 0 Å². The highest BCUT2D eigenvalue weighted by atomic mass is 15.0. The van der Waals surface area contributed by atoms with Crippen LogP contribution >= 0.6 is 0 Å². The summed E-state index contributed by atoms with van der Waals surface area (Å²) in [7, 11) is 0. The van der Waals surface area contributed by atoms with E-state index >= 15 is 0 Å². The highest BCUT2D eigenvalue weighted by molar-refractivity contribution is 6.13. The maximum atomic E-state index is 2.45. The Morgan fingerprint density at radius 1 is 0.167 bits per heavy atom. The molecule has 0 N–H and O–H groups in total. The van der Waals surface area contributed by atoms with Gasteiger partial charge in [0.15, 0.2) is 0 Å². The molecule has 4 heterocycles. The second kappa shape index (κ2) is 29.5. The van der Waals surface area contributed by atoms with Crippen molar-refractivity contribution in [3.8, 4) is 45.0 Å². The summed E-state index contributed by atoms with van der Waals surface area (Å²) in [5.74, 6) is 0. The highest BCUT2D eigenvalue weighted by Gasteiger charge is 2.23. The van der Waals surface area contributed by atoms with E-state index in [1.54, 1.807) is 0 Å². The molecule has 0 unspecified atom stereocenters. The van der Waals surface area contributed by atoms with E-state index in [2.05, 4.69) is 311 Å². The number of benzene rings is 14. The van der Waals surface area contributed by atoms with E-state index in [0.29, 0.717) is 0 Å². The molecule has 0 saturated heterocycles.